The molecule has 1 heterocycles. The Hall–Kier alpha value is -2.37. The topological polar surface area (TPSA) is 83.9 Å². The smallest absolute Gasteiger partial charge is 0.335 e. The van der Waals surface area contributed by atoms with E-state index in [1.807, 2.05) is 0 Å². The highest BCUT2D eigenvalue weighted by atomic mass is 16.5. The molecule has 0 aromatic heterocycles. The summed E-state index contributed by atoms with van der Waals surface area (Å²) in [4.78, 5) is 35.7. The quantitative estimate of drug-likeness (QED) is 0.832. The summed E-state index contributed by atoms with van der Waals surface area (Å²) in [5.41, 5.74) is -0.464. The van der Waals surface area contributed by atoms with Crippen molar-refractivity contribution in [3.63, 3.8) is 0 Å². The van der Waals surface area contributed by atoms with E-state index in [0.29, 0.717) is 5.75 Å². The molecule has 1 aromatic rings. The Balaban J connectivity index is 1.88. The highest BCUT2D eigenvalue weighted by Crippen LogP contribution is 2.31. The largest absolute Gasteiger partial charge is 0.492 e. The number of carboxylic acid groups (broad SMARTS) is 1. The van der Waals surface area contributed by atoms with Crippen molar-refractivity contribution < 1.29 is 24.2 Å². The van der Waals surface area contributed by atoms with Crippen LogP contribution in [0.1, 0.15) is 30.6 Å². The first-order valence-corrected chi connectivity index (χ1v) is 6.62. The number of carbonyl (C=O) groups is 3. The van der Waals surface area contributed by atoms with Crippen LogP contribution in [0.25, 0.3) is 0 Å². The summed E-state index contributed by atoms with van der Waals surface area (Å²) in [6.45, 7) is 3.87. The van der Waals surface area contributed by atoms with Crippen molar-refractivity contribution in [3.8, 4) is 5.75 Å². The number of hydrogen-bond donors (Lipinski definition) is 1. The zero-order valence-electron chi connectivity index (χ0n) is 12.0. The van der Waals surface area contributed by atoms with Crippen LogP contribution in [0.4, 0.5) is 0 Å². The number of aromatic carboxylic acids is 1. The summed E-state index contributed by atoms with van der Waals surface area (Å²) in [7, 11) is 0. The van der Waals surface area contributed by atoms with Crippen LogP contribution in [0.5, 0.6) is 5.75 Å². The summed E-state index contributed by atoms with van der Waals surface area (Å²) < 4.78 is 5.43. The lowest BCUT2D eigenvalue weighted by Gasteiger charge is -2.17. The first-order valence-electron chi connectivity index (χ1n) is 6.62. The molecule has 21 heavy (non-hydrogen) atoms. The van der Waals surface area contributed by atoms with Gasteiger partial charge in [-0.05, 0) is 24.3 Å². The molecule has 1 fully saturated rings. The minimum Gasteiger partial charge on any atom is -0.492 e. The number of likely N-dealkylation sites (tertiary alicyclic amines) is 1. The summed E-state index contributed by atoms with van der Waals surface area (Å²) in [5, 5.41) is 8.78. The molecule has 1 aromatic carbocycles. The first-order chi connectivity index (χ1) is 9.81. The zero-order chi connectivity index (χ0) is 15.6. The SMILES string of the molecule is CC1(C)CC(=O)N(CCOc2ccc(C(=O)O)cc2)C1=O. The minimum absolute atomic E-state index is 0.175. The third-order valence-corrected chi connectivity index (χ3v) is 3.40. The van der Waals surface area contributed by atoms with Gasteiger partial charge in [-0.1, -0.05) is 13.8 Å². The summed E-state index contributed by atoms with van der Waals surface area (Å²) in [6, 6.07) is 5.96. The third kappa shape index (κ3) is 3.21. The van der Waals surface area contributed by atoms with E-state index in [1.165, 1.54) is 17.0 Å². The van der Waals surface area contributed by atoms with Gasteiger partial charge in [0, 0.05) is 6.42 Å². The second-order valence-electron chi connectivity index (χ2n) is 5.59. The van der Waals surface area contributed by atoms with Crippen molar-refractivity contribution in [2.45, 2.75) is 20.3 Å². The summed E-state index contributed by atoms with van der Waals surface area (Å²) in [6.07, 6.45) is 0.221. The number of ether oxygens (including phenoxy) is 1. The fourth-order valence-corrected chi connectivity index (χ4v) is 2.20. The number of hydrogen-bond acceptors (Lipinski definition) is 4. The number of benzene rings is 1. The first kappa shape index (κ1) is 15.0. The van der Waals surface area contributed by atoms with E-state index in [4.69, 9.17) is 9.84 Å². The molecule has 2 rings (SSSR count). The molecule has 0 spiro atoms. The van der Waals surface area contributed by atoms with E-state index in [1.54, 1.807) is 26.0 Å². The van der Waals surface area contributed by atoms with Crippen molar-refractivity contribution in [1.29, 1.82) is 0 Å². The molecule has 2 amide bonds. The van der Waals surface area contributed by atoms with Gasteiger partial charge >= 0.3 is 5.97 Å². The van der Waals surface area contributed by atoms with Crippen LogP contribution >= 0.6 is 0 Å². The summed E-state index contributed by atoms with van der Waals surface area (Å²) in [5.74, 6) is -0.873. The van der Waals surface area contributed by atoms with E-state index in [2.05, 4.69) is 0 Å². The lowest BCUT2D eigenvalue weighted by atomic mass is 9.92. The molecule has 6 heteroatoms. The van der Waals surface area contributed by atoms with E-state index in [-0.39, 0.29) is 37.0 Å². The van der Waals surface area contributed by atoms with E-state index < -0.39 is 11.4 Å². The van der Waals surface area contributed by atoms with Crippen LogP contribution in [-0.4, -0.2) is 40.9 Å². The van der Waals surface area contributed by atoms with Crippen LogP contribution in [0.2, 0.25) is 0 Å². The highest BCUT2D eigenvalue weighted by molar-refractivity contribution is 6.05. The summed E-state index contributed by atoms with van der Waals surface area (Å²) >= 11 is 0. The number of carboxylic acids is 1. The number of amides is 2. The number of carbonyl (C=O) groups excluding carboxylic acids is 2. The molecule has 0 atom stereocenters. The fourth-order valence-electron chi connectivity index (χ4n) is 2.20. The van der Waals surface area contributed by atoms with Crippen LogP contribution < -0.4 is 4.74 Å². The third-order valence-electron chi connectivity index (χ3n) is 3.40. The zero-order valence-corrected chi connectivity index (χ0v) is 12.0. The molecule has 0 saturated carbocycles. The maximum absolute atomic E-state index is 12.0. The molecular formula is C15H17NO5. The van der Waals surface area contributed by atoms with Crippen molar-refractivity contribution >= 4 is 17.8 Å². The molecule has 0 radical (unpaired) electrons. The van der Waals surface area contributed by atoms with Gasteiger partial charge in [-0.15, -0.1) is 0 Å². The number of rotatable bonds is 5. The van der Waals surface area contributed by atoms with Gasteiger partial charge in [-0.25, -0.2) is 4.79 Å². The van der Waals surface area contributed by atoms with Crippen molar-refractivity contribution in [1.82, 2.24) is 4.90 Å². The molecule has 1 saturated heterocycles. The van der Waals surface area contributed by atoms with Gasteiger partial charge in [0.05, 0.1) is 17.5 Å². The standard InChI is InChI=1S/C15H17NO5/c1-15(2)9-12(17)16(14(15)20)7-8-21-11-5-3-10(4-6-11)13(18)19/h3-6H,7-9H2,1-2H3,(H,18,19). The van der Waals surface area contributed by atoms with Gasteiger partial charge in [0.25, 0.3) is 0 Å². The van der Waals surface area contributed by atoms with E-state index in [9.17, 15) is 14.4 Å². The Morgan fingerprint density at radius 3 is 2.38 bits per heavy atom. The van der Waals surface area contributed by atoms with Crippen molar-refractivity contribution in [3.05, 3.63) is 29.8 Å². The average molecular weight is 291 g/mol. The van der Waals surface area contributed by atoms with Crippen molar-refractivity contribution in [2.75, 3.05) is 13.2 Å². The lowest BCUT2D eigenvalue weighted by molar-refractivity contribution is -0.141. The van der Waals surface area contributed by atoms with Crippen LogP contribution in [-0.2, 0) is 9.59 Å². The van der Waals surface area contributed by atoms with Crippen LogP contribution in [0.3, 0.4) is 0 Å². The second-order valence-corrected chi connectivity index (χ2v) is 5.59. The van der Waals surface area contributed by atoms with Gasteiger partial charge in [0.15, 0.2) is 0 Å². The molecule has 0 unspecified atom stereocenters. The molecule has 1 aliphatic heterocycles. The van der Waals surface area contributed by atoms with Crippen LogP contribution in [0, 0.1) is 5.41 Å². The molecule has 1 N–H and O–H groups in total. The Kier molecular flexibility index (Phi) is 3.97. The monoisotopic (exact) mass is 291 g/mol. The Bertz CT molecular complexity index is 576. The maximum Gasteiger partial charge on any atom is 0.335 e. The Morgan fingerprint density at radius 1 is 1.29 bits per heavy atom. The van der Waals surface area contributed by atoms with E-state index >= 15 is 0 Å². The number of nitrogens with zero attached hydrogens (tertiary/aromatic N) is 1. The minimum atomic E-state index is -1.00. The molecule has 112 valence electrons. The average Bonchev–Trinajstić information content (AvgIpc) is 2.61. The Morgan fingerprint density at radius 2 is 1.90 bits per heavy atom. The van der Waals surface area contributed by atoms with Crippen LogP contribution in [0.15, 0.2) is 24.3 Å². The second kappa shape index (κ2) is 5.55. The molecule has 0 bridgehead atoms. The predicted octanol–water partition coefficient (Wildman–Crippen LogP) is 1.55. The van der Waals surface area contributed by atoms with Crippen molar-refractivity contribution in [2.24, 2.45) is 5.41 Å². The predicted molar refractivity (Wildman–Crippen MR) is 74.0 cm³/mol. The van der Waals surface area contributed by atoms with Gasteiger partial charge < -0.3 is 9.84 Å². The Labute approximate surface area is 122 Å². The fraction of sp³-hybridized carbons (Fsp3) is 0.400. The molecule has 6 nitrogen and oxygen atoms in total. The van der Waals surface area contributed by atoms with Gasteiger partial charge in [-0.3, -0.25) is 14.5 Å². The lowest BCUT2D eigenvalue weighted by Crippen LogP contribution is -2.36. The van der Waals surface area contributed by atoms with Gasteiger partial charge in [0.1, 0.15) is 12.4 Å². The normalized spacial score (nSPS) is 17.1. The van der Waals surface area contributed by atoms with Gasteiger partial charge in [-0.2, -0.15) is 0 Å². The highest BCUT2D eigenvalue weighted by Gasteiger charge is 2.44. The van der Waals surface area contributed by atoms with Gasteiger partial charge in [0.2, 0.25) is 11.8 Å². The molecule has 1 aliphatic rings. The maximum atomic E-state index is 12.0. The molecule has 0 aliphatic carbocycles. The van der Waals surface area contributed by atoms with E-state index in [0.717, 1.165) is 0 Å². The number of imide groups is 1. The molecular weight excluding hydrogens is 274 g/mol.